The molecule has 2 N–H and O–H groups in total. The minimum atomic E-state index is -1.25. The van der Waals surface area contributed by atoms with Gasteiger partial charge in [-0.3, -0.25) is 9.59 Å². The molecule has 3 aliphatic carbocycles. The van der Waals surface area contributed by atoms with E-state index in [0.29, 0.717) is 24.8 Å². The van der Waals surface area contributed by atoms with E-state index in [0.717, 1.165) is 11.1 Å². The van der Waals surface area contributed by atoms with Crippen LogP contribution in [-0.4, -0.2) is 51.0 Å². The molecule has 8 atom stereocenters. The molecule has 0 radical (unpaired) electrons. The number of carbonyl (C=O) groups is 2. The fourth-order valence-electron chi connectivity index (χ4n) is 7.16. The lowest BCUT2D eigenvalue weighted by atomic mass is 9.50. The molecule has 5 aliphatic rings. The molecule has 0 amide bonds. The topological polar surface area (TPSA) is 93.1 Å². The summed E-state index contributed by atoms with van der Waals surface area (Å²) >= 11 is 0. The Morgan fingerprint density at radius 3 is 2.21 bits per heavy atom. The summed E-state index contributed by atoms with van der Waals surface area (Å²) in [5.41, 5.74) is -0.997. The van der Waals surface area contributed by atoms with Gasteiger partial charge >= 0.3 is 0 Å². The van der Waals surface area contributed by atoms with Gasteiger partial charge in [0.05, 0.1) is 11.7 Å². The van der Waals surface area contributed by atoms with Crippen molar-refractivity contribution in [1.29, 1.82) is 0 Å². The van der Waals surface area contributed by atoms with E-state index in [1.165, 1.54) is 6.08 Å². The van der Waals surface area contributed by atoms with Crippen LogP contribution in [0.3, 0.4) is 0 Å². The lowest BCUT2D eigenvalue weighted by Gasteiger charge is -2.63. The lowest BCUT2D eigenvalue weighted by Crippen LogP contribution is -2.69. The van der Waals surface area contributed by atoms with E-state index in [2.05, 4.69) is 0 Å². The summed E-state index contributed by atoms with van der Waals surface area (Å²) in [6.07, 6.45) is 4.68. The minimum absolute atomic E-state index is 0.0407. The van der Waals surface area contributed by atoms with Crippen molar-refractivity contribution in [3.8, 4) is 0 Å². The van der Waals surface area contributed by atoms with Gasteiger partial charge in [0.25, 0.3) is 0 Å². The average Bonchev–Trinajstić information content (AvgIpc) is 2.89. The van der Waals surface area contributed by atoms with Crippen molar-refractivity contribution in [1.82, 2.24) is 0 Å². The molecule has 33 heavy (non-hydrogen) atoms. The van der Waals surface area contributed by atoms with Gasteiger partial charge in [-0.25, -0.2) is 0 Å². The van der Waals surface area contributed by atoms with Crippen molar-refractivity contribution in [3.05, 3.63) is 34.9 Å². The summed E-state index contributed by atoms with van der Waals surface area (Å²) in [5, 5.41) is 22.9. The third-order valence-corrected chi connectivity index (χ3v) is 9.96. The summed E-state index contributed by atoms with van der Waals surface area (Å²) in [7, 11) is 0. The van der Waals surface area contributed by atoms with Crippen LogP contribution in [0.25, 0.3) is 0 Å². The molecule has 6 nitrogen and oxygen atoms in total. The Labute approximate surface area is 195 Å². The molecule has 2 heterocycles. The van der Waals surface area contributed by atoms with Crippen molar-refractivity contribution in [2.75, 3.05) is 0 Å². The fraction of sp³-hybridized carbons (Fsp3) is 0.704. The monoisotopic (exact) mass is 456 g/mol. The number of rotatable bonds is 0. The minimum Gasteiger partial charge on any atom is -0.388 e. The third-order valence-electron chi connectivity index (χ3n) is 9.96. The van der Waals surface area contributed by atoms with Crippen LogP contribution in [0.2, 0.25) is 0 Å². The highest BCUT2D eigenvalue weighted by molar-refractivity contribution is 6.13. The van der Waals surface area contributed by atoms with E-state index in [4.69, 9.17) is 9.47 Å². The third kappa shape index (κ3) is 2.64. The van der Waals surface area contributed by atoms with Crippen LogP contribution in [-0.2, 0) is 19.1 Å². The molecule has 0 bridgehead atoms. The molecule has 6 heteroatoms. The Morgan fingerprint density at radius 2 is 1.61 bits per heavy atom. The number of allylic oxidation sites excluding steroid dienone is 3. The average molecular weight is 457 g/mol. The van der Waals surface area contributed by atoms with Crippen LogP contribution in [0, 0.1) is 22.7 Å². The number of ether oxygens (including phenoxy) is 2. The zero-order valence-corrected chi connectivity index (χ0v) is 20.7. The zero-order chi connectivity index (χ0) is 24.4. The van der Waals surface area contributed by atoms with Gasteiger partial charge in [0.1, 0.15) is 11.7 Å². The van der Waals surface area contributed by atoms with Crippen LogP contribution in [0.4, 0.5) is 0 Å². The van der Waals surface area contributed by atoms with E-state index in [1.807, 2.05) is 54.5 Å². The van der Waals surface area contributed by atoms with Crippen LogP contribution in [0.15, 0.2) is 34.9 Å². The predicted molar refractivity (Wildman–Crippen MR) is 122 cm³/mol. The summed E-state index contributed by atoms with van der Waals surface area (Å²) in [6.45, 7) is 13.8. The lowest BCUT2D eigenvalue weighted by molar-refractivity contribution is -0.378. The number of aliphatic hydroxyl groups excluding tert-OH is 2. The van der Waals surface area contributed by atoms with Gasteiger partial charge in [-0.2, -0.15) is 0 Å². The van der Waals surface area contributed by atoms with E-state index < -0.39 is 40.0 Å². The Hall–Kier alpha value is -1.60. The molecule has 1 spiro atoms. The second-order valence-corrected chi connectivity index (χ2v) is 12.1. The number of ketones is 2. The summed E-state index contributed by atoms with van der Waals surface area (Å²) < 4.78 is 13.4. The van der Waals surface area contributed by atoms with Gasteiger partial charge in [-0.1, -0.05) is 33.8 Å². The molecule has 0 unspecified atom stereocenters. The normalized spacial score (nSPS) is 50.8. The van der Waals surface area contributed by atoms with Crippen molar-refractivity contribution < 1.29 is 29.3 Å². The number of hydrogen-bond donors (Lipinski definition) is 2. The SMILES string of the molecule is C[C@H]1[C@@H](O)[C@@]2(OC1(C)C)O[C@@]1(C)C3=CC(=O)C4=CC(=O)CC[C@]4(C)C3=C[C@@H](O)[C@]1(C)C[C@@H]2C. The molecular weight excluding hydrogens is 420 g/mol. The number of hydrogen-bond acceptors (Lipinski definition) is 6. The maximum atomic E-state index is 13.3. The van der Waals surface area contributed by atoms with Gasteiger partial charge in [0.15, 0.2) is 17.4 Å². The first-order valence-electron chi connectivity index (χ1n) is 12.1. The highest BCUT2D eigenvalue weighted by Gasteiger charge is 2.71. The molecule has 2 aliphatic heterocycles. The maximum absolute atomic E-state index is 13.3. The summed E-state index contributed by atoms with van der Waals surface area (Å²) in [5.74, 6) is -1.81. The number of aliphatic hydroxyl groups is 2. The number of carbonyl (C=O) groups excluding carboxylic acids is 2. The molecule has 0 aromatic heterocycles. The van der Waals surface area contributed by atoms with Crippen LogP contribution >= 0.6 is 0 Å². The first-order chi connectivity index (χ1) is 15.1. The highest BCUT2D eigenvalue weighted by atomic mass is 16.7. The van der Waals surface area contributed by atoms with Crippen molar-refractivity contribution in [2.45, 2.75) is 96.9 Å². The summed E-state index contributed by atoms with van der Waals surface area (Å²) in [4.78, 5) is 25.4. The molecule has 0 saturated carbocycles. The Morgan fingerprint density at radius 1 is 0.939 bits per heavy atom. The van der Waals surface area contributed by atoms with Crippen molar-refractivity contribution in [3.63, 3.8) is 0 Å². The van der Waals surface area contributed by atoms with E-state index in [1.54, 1.807) is 6.08 Å². The first-order valence-corrected chi connectivity index (χ1v) is 12.1. The van der Waals surface area contributed by atoms with Gasteiger partial charge in [0.2, 0.25) is 0 Å². The van der Waals surface area contributed by atoms with E-state index in [-0.39, 0.29) is 23.4 Å². The largest absolute Gasteiger partial charge is 0.388 e. The Balaban J connectivity index is 1.71. The van der Waals surface area contributed by atoms with Gasteiger partial charge in [0, 0.05) is 34.7 Å². The zero-order valence-electron chi connectivity index (χ0n) is 20.7. The molecule has 0 aromatic carbocycles. The Kier molecular flexibility index (Phi) is 4.59. The van der Waals surface area contributed by atoms with Gasteiger partial charge < -0.3 is 19.7 Å². The van der Waals surface area contributed by atoms with Crippen LogP contribution in [0.5, 0.6) is 0 Å². The van der Waals surface area contributed by atoms with Crippen molar-refractivity contribution in [2.24, 2.45) is 22.7 Å². The van der Waals surface area contributed by atoms with Gasteiger partial charge in [-0.15, -0.1) is 0 Å². The summed E-state index contributed by atoms with van der Waals surface area (Å²) in [6, 6.07) is 0. The Bertz CT molecular complexity index is 1050. The van der Waals surface area contributed by atoms with Crippen LogP contribution < -0.4 is 0 Å². The fourth-order valence-corrected chi connectivity index (χ4v) is 7.16. The van der Waals surface area contributed by atoms with Crippen LogP contribution in [0.1, 0.15) is 67.7 Å². The quantitative estimate of drug-likeness (QED) is 0.580. The smallest absolute Gasteiger partial charge is 0.198 e. The molecule has 180 valence electrons. The second kappa shape index (κ2) is 6.54. The molecule has 0 aromatic rings. The standard InChI is InChI=1S/C27H36O6/c1-14-13-25(6)21(30)12-17-18(11-20(29)19-10-16(28)8-9-24(17,19)5)26(25,7)33-27(14)22(31)15(2)23(3,4)32-27/h10-12,14-15,21-22,30-31H,8-9,13H2,1-7H3/t14-,15-,21+,22+,24+,25-,26-,27-/m0/s1. The first kappa shape index (κ1) is 23.2. The predicted octanol–water partition coefficient (Wildman–Crippen LogP) is 3.42. The molecule has 2 saturated heterocycles. The molecule has 5 rings (SSSR count). The molecule has 2 fully saturated rings. The highest BCUT2D eigenvalue weighted by Crippen LogP contribution is 2.66. The second-order valence-electron chi connectivity index (χ2n) is 12.1. The maximum Gasteiger partial charge on any atom is 0.198 e. The van der Waals surface area contributed by atoms with E-state index >= 15 is 0 Å². The van der Waals surface area contributed by atoms with E-state index in [9.17, 15) is 19.8 Å². The number of fused-ring (bicyclic) bond motifs is 5. The van der Waals surface area contributed by atoms with Gasteiger partial charge in [-0.05, 0) is 56.9 Å². The van der Waals surface area contributed by atoms with Crippen molar-refractivity contribution >= 4 is 11.6 Å². The molecular formula is C27H36O6.